The highest BCUT2D eigenvalue weighted by molar-refractivity contribution is 5.95. The zero-order chi connectivity index (χ0) is 16.5. The fourth-order valence-electron chi connectivity index (χ4n) is 5.67. The lowest BCUT2D eigenvalue weighted by molar-refractivity contribution is -0.0192. The van der Waals surface area contributed by atoms with Crippen molar-refractivity contribution in [3.8, 4) is 0 Å². The van der Waals surface area contributed by atoms with E-state index in [0.717, 1.165) is 43.6 Å². The largest absolute Gasteiger partial charge is 0.390 e. The number of aromatic nitrogens is 2. The van der Waals surface area contributed by atoms with Crippen molar-refractivity contribution in [2.75, 3.05) is 0 Å². The van der Waals surface area contributed by atoms with Gasteiger partial charge >= 0.3 is 0 Å². The Hall–Kier alpha value is -1.49. The summed E-state index contributed by atoms with van der Waals surface area (Å²) in [5.41, 5.74) is 1.13. The van der Waals surface area contributed by atoms with Crippen molar-refractivity contribution in [2.24, 2.45) is 23.7 Å². The molecule has 5 saturated carbocycles. The van der Waals surface area contributed by atoms with E-state index in [0.29, 0.717) is 29.2 Å². The van der Waals surface area contributed by atoms with Crippen LogP contribution in [0.4, 0.5) is 0 Å². The van der Waals surface area contributed by atoms with Crippen LogP contribution in [-0.4, -0.2) is 32.6 Å². The fourth-order valence-corrected chi connectivity index (χ4v) is 5.67. The van der Waals surface area contributed by atoms with E-state index in [4.69, 9.17) is 0 Å². The molecule has 1 unspecified atom stereocenters. The van der Waals surface area contributed by atoms with Gasteiger partial charge in [-0.25, -0.2) is 9.97 Å². The predicted molar refractivity (Wildman–Crippen MR) is 88.3 cm³/mol. The Morgan fingerprint density at radius 3 is 2.88 bits per heavy atom. The third kappa shape index (κ3) is 2.36. The lowest BCUT2D eigenvalue weighted by Gasteiger charge is -2.38. The molecule has 4 bridgehead atoms. The van der Waals surface area contributed by atoms with Crippen LogP contribution in [0.3, 0.4) is 0 Å². The molecule has 1 heterocycles. The van der Waals surface area contributed by atoms with Gasteiger partial charge in [-0.1, -0.05) is 0 Å². The van der Waals surface area contributed by atoms with Gasteiger partial charge in [0.1, 0.15) is 5.82 Å². The number of rotatable bonds is 4. The van der Waals surface area contributed by atoms with Crippen LogP contribution in [0.2, 0.25) is 0 Å². The first-order chi connectivity index (χ1) is 11.5. The second-order valence-corrected chi connectivity index (χ2v) is 8.68. The van der Waals surface area contributed by atoms with Crippen LogP contribution in [0.5, 0.6) is 0 Å². The van der Waals surface area contributed by atoms with Crippen LogP contribution in [0.25, 0.3) is 0 Å². The summed E-state index contributed by atoms with van der Waals surface area (Å²) in [5, 5.41) is 13.8. The molecule has 5 nitrogen and oxygen atoms in total. The summed E-state index contributed by atoms with van der Waals surface area (Å²) in [5.74, 6) is 2.91. The van der Waals surface area contributed by atoms with Crippen molar-refractivity contribution in [3.63, 3.8) is 0 Å². The van der Waals surface area contributed by atoms with Gasteiger partial charge in [0.25, 0.3) is 5.91 Å². The molecule has 5 atom stereocenters. The molecule has 6 rings (SSSR count). The lowest BCUT2D eigenvalue weighted by atomic mass is 9.76. The first kappa shape index (κ1) is 14.8. The van der Waals surface area contributed by atoms with Gasteiger partial charge in [0.05, 0.1) is 16.9 Å². The number of nitrogens with zero attached hydrogens (tertiary/aromatic N) is 2. The number of aryl methyl sites for hydroxylation is 1. The molecule has 1 aromatic heterocycles. The average Bonchev–Trinajstić information content (AvgIpc) is 3.25. The monoisotopic (exact) mass is 327 g/mol. The number of amides is 1. The van der Waals surface area contributed by atoms with Crippen molar-refractivity contribution in [1.82, 2.24) is 15.3 Å². The first-order valence-corrected chi connectivity index (χ1v) is 9.36. The number of hydrogen-bond acceptors (Lipinski definition) is 4. The Bertz CT molecular complexity index is 698. The maximum Gasteiger partial charge on any atom is 0.254 e. The Labute approximate surface area is 142 Å². The number of nitrogens with one attached hydrogen (secondary N) is 1. The first-order valence-electron chi connectivity index (χ1n) is 9.36. The Morgan fingerprint density at radius 1 is 1.33 bits per heavy atom. The van der Waals surface area contributed by atoms with Crippen LogP contribution < -0.4 is 5.32 Å². The standard InChI is InChI=1S/C19H25N3O2/c1-10-20-9-15(16(21-10)4-11-2-3-11)18(23)22-17-13-5-12-6-19(24,7-13)8-14(12)17/h9,11-14,17,24H,2-8H2,1H3,(H,22,23)/t12?,13-,14-,17-,19-/m1/s1. The van der Waals surface area contributed by atoms with Crippen molar-refractivity contribution in [3.05, 3.63) is 23.3 Å². The maximum atomic E-state index is 12.9. The van der Waals surface area contributed by atoms with E-state index in [1.165, 1.54) is 12.8 Å². The van der Waals surface area contributed by atoms with Gasteiger partial charge in [0, 0.05) is 12.2 Å². The summed E-state index contributed by atoms with van der Waals surface area (Å²) in [4.78, 5) is 21.7. The van der Waals surface area contributed by atoms with Gasteiger partial charge in [-0.3, -0.25) is 4.79 Å². The van der Waals surface area contributed by atoms with Gasteiger partial charge in [0.2, 0.25) is 0 Å². The third-order valence-corrected chi connectivity index (χ3v) is 6.79. The van der Waals surface area contributed by atoms with E-state index in [1.54, 1.807) is 6.20 Å². The number of carbonyl (C=O) groups is 1. The highest BCUT2D eigenvalue weighted by Gasteiger charge is 2.60. The van der Waals surface area contributed by atoms with Gasteiger partial charge in [-0.2, -0.15) is 0 Å². The number of hydrogen-bond donors (Lipinski definition) is 2. The quantitative estimate of drug-likeness (QED) is 0.887. The molecule has 0 aliphatic heterocycles. The molecule has 5 fully saturated rings. The molecule has 1 amide bonds. The smallest absolute Gasteiger partial charge is 0.254 e. The van der Waals surface area contributed by atoms with Crippen molar-refractivity contribution in [2.45, 2.75) is 63.5 Å². The Morgan fingerprint density at radius 2 is 2.12 bits per heavy atom. The predicted octanol–water partition coefficient (Wildman–Crippen LogP) is 2.02. The van der Waals surface area contributed by atoms with E-state index >= 15 is 0 Å². The molecule has 2 N–H and O–H groups in total. The highest BCUT2D eigenvalue weighted by atomic mass is 16.3. The van der Waals surface area contributed by atoms with Gasteiger partial charge < -0.3 is 10.4 Å². The summed E-state index contributed by atoms with van der Waals surface area (Å²) >= 11 is 0. The van der Waals surface area contributed by atoms with Gasteiger partial charge in [0.15, 0.2) is 0 Å². The SMILES string of the molecule is Cc1ncc(C(=O)N[C@@H]2[C@@H]3CC4C[C@@](O)(C3)C[C@H]42)c(CC2CC2)n1. The minimum absolute atomic E-state index is 0.0151. The zero-order valence-electron chi connectivity index (χ0n) is 14.2. The maximum absolute atomic E-state index is 12.9. The average molecular weight is 327 g/mol. The van der Waals surface area contributed by atoms with E-state index in [-0.39, 0.29) is 11.9 Å². The zero-order valence-corrected chi connectivity index (χ0v) is 14.2. The molecule has 0 spiro atoms. The molecule has 128 valence electrons. The molecular weight excluding hydrogens is 302 g/mol. The highest BCUT2D eigenvalue weighted by Crippen LogP contribution is 2.59. The molecule has 0 radical (unpaired) electrons. The van der Waals surface area contributed by atoms with Gasteiger partial charge in [-0.05, 0) is 75.5 Å². The molecule has 24 heavy (non-hydrogen) atoms. The van der Waals surface area contributed by atoms with Crippen LogP contribution in [0.15, 0.2) is 6.20 Å². The Balaban J connectivity index is 1.36. The normalized spacial score (nSPS) is 39.4. The lowest BCUT2D eigenvalue weighted by Crippen LogP contribution is -2.48. The van der Waals surface area contributed by atoms with E-state index in [1.807, 2.05) is 6.92 Å². The Kier molecular flexibility index (Phi) is 3.09. The van der Waals surface area contributed by atoms with Gasteiger partial charge in [-0.15, -0.1) is 0 Å². The van der Waals surface area contributed by atoms with Crippen molar-refractivity contribution < 1.29 is 9.90 Å². The van der Waals surface area contributed by atoms with Crippen LogP contribution >= 0.6 is 0 Å². The third-order valence-electron chi connectivity index (χ3n) is 6.79. The van der Waals surface area contributed by atoms with E-state index in [2.05, 4.69) is 15.3 Å². The summed E-state index contributed by atoms with van der Waals surface area (Å²) < 4.78 is 0. The molecule has 5 aliphatic carbocycles. The summed E-state index contributed by atoms with van der Waals surface area (Å²) in [6.45, 7) is 1.88. The fraction of sp³-hybridized carbons (Fsp3) is 0.737. The molecule has 5 heteroatoms. The number of carbonyl (C=O) groups excluding carboxylic acids is 1. The molecule has 5 aliphatic rings. The van der Waals surface area contributed by atoms with E-state index < -0.39 is 5.60 Å². The topological polar surface area (TPSA) is 75.1 Å². The summed E-state index contributed by atoms with van der Waals surface area (Å²) in [6, 6.07) is 0.223. The van der Waals surface area contributed by atoms with Crippen LogP contribution in [0, 0.1) is 30.6 Å². The van der Waals surface area contributed by atoms with Crippen LogP contribution in [0.1, 0.15) is 60.4 Å². The minimum atomic E-state index is -0.441. The van der Waals surface area contributed by atoms with Crippen molar-refractivity contribution in [1.29, 1.82) is 0 Å². The molecule has 1 aromatic rings. The second-order valence-electron chi connectivity index (χ2n) is 8.68. The van der Waals surface area contributed by atoms with Crippen LogP contribution in [-0.2, 0) is 6.42 Å². The molecule has 0 saturated heterocycles. The minimum Gasteiger partial charge on any atom is -0.390 e. The number of aliphatic hydroxyl groups is 1. The molecule has 0 aromatic carbocycles. The van der Waals surface area contributed by atoms with E-state index in [9.17, 15) is 9.90 Å². The molecular formula is C19H25N3O2. The van der Waals surface area contributed by atoms with Crippen molar-refractivity contribution >= 4 is 5.91 Å². The second kappa shape index (κ2) is 5.01. The summed E-state index contributed by atoms with van der Waals surface area (Å²) in [6.07, 6.45) is 8.90. The summed E-state index contributed by atoms with van der Waals surface area (Å²) in [7, 11) is 0.